The number of aliphatic hydroxyl groups is 1. The maximum atomic E-state index is 12.7. The summed E-state index contributed by atoms with van der Waals surface area (Å²) in [6.07, 6.45) is 5.11. The minimum Gasteiger partial charge on any atom is -0.383 e. The molecule has 1 saturated carbocycles. The van der Waals surface area contributed by atoms with Crippen LogP contribution in [0.1, 0.15) is 50.4 Å². The van der Waals surface area contributed by atoms with Crippen LogP contribution in [0, 0.1) is 12.8 Å². The fourth-order valence-corrected chi connectivity index (χ4v) is 3.81. The van der Waals surface area contributed by atoms with Crippen molar-refractivity contribution in [3.8, 4) is 0 Å². The van der Waals surface area contributed by atoms with Gasteiger partial charge in [-0.25, -0.2) is 9.97 Å². The van der Waals surface area contributed by atoms with E-state index in [1.54, 1.807) is 0 Å². The number of aryl methyl sites for hydroxylation is 2. The van der Waals surface area contributed by atoms with E-state index in [0.29, 0.717) is 6.54 Å². The molecule has 6 heteroatoms. The highest BCUT2D eigenvalue weighted by Crippen LogP contribution is 2.31. The molecule has 0 aromatic carbocycles. The number of carbonyl (C=O) groups is 1. The summed E-state index contributed by atoms with van der Waals surface area (Å²) in [7, 11) is 1.98. The van der Waals surface area contributed by atoms with E-state index in [2.05, 4.69) is 16.9 Å². The predicted molar refractivity (Wildman–Crippen MR) is 97.5 cm³/mol. The molecule has 2 unspecified atom stereocenters. The van der Waals surface area contributed by atoms with Crippen LogP contribution in [0.25, 0.3) is 0 Å². The molecule has 0 radical (unpaired) electrons. The molecule has 2 aliphatic rings. The Bertz CT molecular complexity index is 617. The van der Waals surface area contributed by atoms with Crippen molar-refractivity contribution in [2.75, 3.05) is 25.0 Å². The first-order chi connectivity index (χ1) is 12.0. The van der Waals surface area contributed by atoms with Crippen LogP contribution in [0.5, 0.6) is 0 Å². The summed E-state index contributed by atoms with van der Waals surface area (Å²) in [4.78, 5) is 25.8. The Morgan fingerprint density at radius 2 is 2.12 bits per heavy atom. The van der Waals surface area contributed by atoms with Gasteiger partial charge in [0, 0.05) is 37.6 Å². The molecule has 2 heterocycles. The maximum absolute atomic E-state index is 12.7. The Kier molecular flexibility index (Phi) is 5.57. The van der Waals surface area contributed by atoms with E-state index < -0.39 is 6.10 Å². The van der Waals surface area contributed by atoms with Crippen LogP contribution in [-0.4, -0.2) is 58.2 Å². The molecule has 1 aromatic rings. The summed E-state index contributed by atoms with van der Waals surface area (Å²) in [6.45, 7) is 5.52. The highest BCUT2D eigenvalue weighted by molar-refractivity contribution is 5.81. The summed E-state index contributed by atoms with van der Waals surface area (Å²) >= 11 is 0. The number of rotatable bonds is 6. The fraction of sp³-hybridized carbons (Fsp3) is 0.737. The number of carbonyl (C=O) groups excluding carboxylic acids is 1. The largest absolute Gasteiger partial charge is 0.383 e. The van der Waals surface area contributed by atoms with Crippen LogP contribution in [0.3, 0.4) is 0 Å². The van der Waals surface area contributed by atoms with Crippen molar-refractivity contribution in [3.63, 3.8) is 0 Å². The lowest BCUT2D eigenvalue weighted by Gasteiger charge is -2.35. The Labute approximate surface area is 150 Å². The normalized spacial score (nSPS) is 21.9. The molecule has 1 aromatic heterocycles. The maximum Gasteiger partial charge on any atom is 0.252 e. The van der Waals surface area contributed by atoms with E-state index >= 15 is 0 Å². The number of aromatic nitrogens is 2. The van der Waals surface area contributed by atoms with Crippen LogP contribution in [-0.2, 0) is 11.2 Å². The second kappa shape index (κ2) is 7.68. The Balaban J connectivity index is 1.66. The van der Waals surface area contributed by atoms with Crippen molar-refractivity contribution in [3.05, 3.63) is 17.5 Å². The minimum absolute atomic E-state index is 0.0833. The number of hydrogen-bond donors (Lipinski definition) is 1. The van der Waals surface area contributed by atoms with Crippen molar-refractivity contribution in [2.24, 2.45) is 5.92 Å². The number of amides is 1. The second-order valence-corrected chi connectivity index (χ2v) is 7.50. The zero-order valence-corrected chi connectivity index (χ0v) is 15.6. The second-order valence-electron chi connectivity index (χ2n) is 7.50. The topological polar surface area (TPSA) is 69.6 Å². The lowest BCUT2D eigenvalue weighted by molar-refractivity contribution is -0.145. The molecule has 1 aliphatic carbocycles. The van der Waals surface area contributed by atoms with Gasteiger partial charge in [-0.2, -0.15) is 0 Å². The molecular formula is C19H30N4O2. The van der Waals surface area contributed by atoms with Crippen molar-refractivity contribution in [1.82, 2.24) is 14.9 Å². The van der Waals surface area contributed by atoms with E-state index in [0.717, 1.165) is 62.4 Å². The number of likely N-dealkylation sites (tertiary alicyclic amines) is 1. The molecule has 138 valence electrons. The third-order valence-electron chi connectivity index (χ3n) is 5.59. The van der Waals surface area contributed by atoms with Gasteiger partial charge in [0.15, 0.2) is 0 Å². The van der Waals surface area contributed by atoms with Crippen molar-refractivity contribution in [1.29, 1.82) is 0 Å². The SMILES string of the molecule is CCc1cc(C)nc(N(C)CC2CCCN2C(=O)C(O)C2CCC2)n1. The zero-order chi connectivity index (χ0) is 18.0. The van der Waals surface area contributed by atoms with Gasteiger partial charge in [0.2, 0.25) is 5.95 Å². The molecule has 1 aliphatic heterocycles. The summed E-state index contributed by atoms with van der Waals surface area (Å²) in [6, 6.07) is 2.14. The van der Waals surface area contributed by atoms with Gasteiger partial charge in [-0.05, 0) is 51.0 Å². The van der Waals surface area contributed by atoms with Gasteiger partial charge in [-0.1, -0.05) is 13.3 Å². The molecule has 1 amide bonds. The third-order valence-corrected chi connectivity index (χ3v) is 5.59. The average Bonchev–Trinajstić information content (AvgIpc) is 2.99. The quantitative estimate of drug-likeness (QED) is 0.852. The van der Waals surface area contributed by atoms with Crippen LogP contribution in [0.4, 0.5) is 5.95 Å². The van der Waals surface area contributed by atoms with E-state index in [4.69, 9.17) is 0 Å². The molecule has 0 spiro atoms. The van der Waals surface area contributed by atoms with Crippen LogP contribution >= 0.6 is 0 Å². The molecule has 2 fully saturated rings. The molecule has 25 heavy (non-hydrogen) atoms. The molecule has 1 N–H and O–H groups in total. The van der Waals surface area contributed by atoms with Gasteiger partial charge in [0.1, 0.15) is 6.10 Å². The molecule has 1 saturated heterocycles. The van der Waals surface area contributed by atoms with Crippen LogP contribution in [0.15, 0.2) is 6.07 Å². The molecule has 2 atom stereocenters. The zero-order valence-electron chi connectivity index (χ0n) is 15.6. The Morgan fingerprint density at radius 3 is 2.76 bits per heavy atom. The summed E-state index contributed by atoms with van der Waals surface area (Å²) < 4.78 is 0. The number of aliphatic hydroxyl groups excluding tert-OH is 1. The number of likely N-dealkylation sites (N-methyl/N-ethyl adjacent to an activating group) is 1. The van der Waals surface area contributed by atoms with Gasteiger partial charge in [-0.15, -0.1) is 0 Å². The fourth-order valence-electron chi connectivity index (χ4n) is 3.81. The standard InChI is InChI=1S/C19H30N4O2/c1-4-15-11-13(2)20-19(21-15)22(3)12-16-9-6-10-23(16)18(25)17(24)14-7-5-8-14/h11,14,16-17,24H,4-10,12H2,1-3H3. The first kappa shape index (κ1) is 18.1. The predicted octanol–water partition coefficient (Wildman–Crippen LogP) is 1.94. The smallest absolute Gasteiger partial charge is 0.252 e. The summed E-state index contributed by atoms with van der Waals surface area (Å²) in [5.74, 6) is 0.800. The van der Waals surface area contributed by atoms with Gasteiger partial charge >= 0.3 is 0 Å². The highest BCUT2D eigenvalue weighted by Gasteiger charge is 2.38. The number of nitrogens with zero attached hydrogens (tertiary/aromatic N) is 4. The van der Waals surface area contributed by atoms with Gasteiger partial charge in [0.05, 0.1) is 0 Å². The number of hydrogen-bond acceptors (Lipinski definition) is 5. The first-order valence-corrected chi connectivity index (χ1v) is 9.53. The molecule has 0 bridgehead atoms. The minimum atomic E-state index is -0.818. The van der Waals surface area contributed by atoms with Gasteiger partial charge in [-0.3, -0.25) is 4.79 Å². The molecule has 6 nitrogen and oxygen atoms in total. The number of anilines is 1. The van der Waals surface area contributed by atoms with E-state index in [1.165, 1.54) is 0 Å². The molecule has 3 rings (SSSR count). The lowest BCUT2D eigenvalue weighted by Crippen LogP contribution is -2.49. The summed E-state index contributed by atoms with van der Waals surface area (Å²) in [5.41, 5.74) is 2.00. The Morgan fingerprint density at radius 1 is 1.36 bits per heavy atom. The van der Waals surface area contributed by atoms with Gasteiger partial charge in [0.25, 0.3) is 5.91 Å². The van der Waals surface area contributed by atoms with Gasteiger partial charge < -0.3 is 14.9 Å². The Hall–Kier alpha value is -1.69. The van der Waals surface area contributed by atoms with E-state index in [1.807, 2.05) is 29.8 Å². The van der Waals surface area contributed by atoms with E-state index in [-0.39, 0.29) is 17.9 Å². The van der Waals surface area contributed by atoms with E-state index in [9.17, 15) is 9.90 Å². The highest BCUT2D eigenvalue weighted by atomic mass is 16.3. The van der Waals surface area contributed by atoms with Crippen molar-refractivity contribution < 1.29 is 9.90 Å². The van der Waals surface area contributed by atoms with Crippen molar-refractivity contribution >= 4 is 11.9 Å². The van der Waals surface area contributed by atoms with Crippen LogP contribution < -0.4 is 4.90 Å². The third kappa shape index (κ3) is 3.94. The first-order valence-electron chi connectivity index (χ1n) is 9.53. The monoisotopic (exact) mass is 346 g/mol. The van der Waals surface area contributed by atoms with Crippen LogP contribution in [0.2, 0.25) is 0 Å². The molecular weight excluding hydrogens is 316 g/mol. The van der Waals surface area contributed by atoms with Crippen molar-refractivity contribution in [2.45, 2.75) is 64.5 Å². The lowest BCUT2D eigenvalue weighted by atomic mass is 9.80. The average molecular weight is 346 g/mol. The summed E-state index contributed by atoms with van der Waals surface area (Å²) in [5, 5.41) is 10.3.